The molecule has 0 unspecified atom stereocenters. The zero-order chi connectivity index (χ0) is 23.9. The third-order valence-corrected chi connectivity index (χ3v) is 6.30. The zero-order valence-corrected chi connectivity index (χ0v) is 20.3. The average Bonchev–Trinajstić information content (AvgIpc) is 2.73. The predicted octanol–water partition coefficient (Wildman–Crippen LogP) is 3.01. The molecule has 174 valence electrons. The lowest BCUT2D eigenvalue weighted by Crippen LogP contribution is -2.51. The van der Waals surface area contributed by atoms with Crippen molar-refractivity contribution in [1.29, 1.82) is 0 Å². The standard InChI is InChI=1S/C24H33N3O4S/c1-6-14-25-24(29)20(4)26(16-21-12-10-18(2)11-13-21)23(28)17-27(32(5,30)31)22-9-7-8-19(3)15-22/h7-13,15,20H,6,14,16-17H2,1-5H3,(H,25,29)/t20-/m0/s1. The maximum Gasteiger partial charge on any atom is 0.244 e. The minimum Gasteiger partial charge on any atom is -0.354 e. The quantitative estimate of drug-likeness (QED) is 0.592. The van der Waals surface area contributed by atoms with Gasteiger partial charge in [0, 0.05) is 13.1 Å². The monoisotopic (exact) mass is 459 g/mol. The molecule has 1 N–H and O–H groups in total. The molecule has 2 rings (SSSR count). The highest BCUT2D eigenvalue weighted by molar-refractivity contribution is 7.92. The Morgan fingerprint density at radius 3 is 2.25 bits per heavy atom. The van der Waals surface area contributed by atoms with Gasteiger partial charge in [0.1, 0.15) is 12.6 Å². The van der Waals surface area contributed by atoms with Crippen molar-refractivity contribution >= 4 is 27.5 Å². The second-order valence-electron chi connectivity index (χ2n) is 8.08. The molecular formula is C24H33N3O4S. The molecule has 0 aliphatic heterocycles. The number of anilines is 1. The van der Waals surface area contributed by atoms with Gasteiger partial charge in [0.15, 0.2) is 0 Å². The van der Waals surface area contributed by atoms with Gasteiger partial charge in [-0.05, 0) is 50.5 Å². The minimum atomic E-state index is -3.72. The van der Waals surface area contributed by atoms with Gasteiger partial charge in [0.05, 0.1) is 11.9 Å². The van der Waals surface area contributed by atoms with Crippen LogP contribution in [-0.4, -0.2) is 50.5 Å². The molecule has 1 atom stereocenters. The summed E-state index contributed by atoms with van der Waals surface area (Å²) in [5, 5.41) is 2.82. The molecule has 0 aliphatic rings. The van der Waals surface area contributed by atoms with Crippen LogP contribution in [-0.2, 0) is 26.2 Å². The number of aryl methyl sites for hydroxylation is 2. The molecule has 0 fully saturated rings. The van der Waals surface area contributed by atoms with Gasteiger partial charge < -0.3 is 10.2 Å². The normalized spacial score (nSPS) is 12.2. The van der Waals surface area contributed by atoms with E-state index >= 15 is 0 Å². The Balaban J connectivity index is 2.35. The van der Waals surface area contributed by atoms with Crippen LogP contribution in [0.25, 0.3) is 0 Å². The van der Waals surface area contributed by atoms with E-state index in [2.05, 4.69) is 5.32 Å². The molecule has 2 aromatic rings. The molecule has 0 heterocycles. The van der Waals surface area contributed by atoms with Gasteiger partial charge in [-0.15, -0.1) is 0 Å². The summed E-state index contributed by atoms with van der Waals surface area (Å²) in [6, 6.07) is 13.9. The summed E-state index contributed by atoms with van der Waals surface area (Å²) in [5.41, 5.74) is 3.25. The van der Waals surface area contributed by atoms with E-state index in [0.717, 1.165) is 33.7 Å². The predicted molar refractivity (Wildman–Crippen MR) is 128 cm³/mol. The average molecular weight is 460 g/mol. The summed E-state index contributed by atoms with van der Waals surface area (Å²) in [4.78, 5) is 27.5. The Bertz CT molecular complexity index is 1040. The molecular weight excluding hydrogens is 426 g/mol. The second-order valence-corrected chi connectivity index (χ2v) is 9.99. The molecule has 7 nitrogen and oxygen atoms in total. The van der Waals surface area contributed by atoms with Gasteiger partial charge in [-0.25, -0.2) is 8.42 Å². The second kappa shape index (κ2) is 11.1. The molecule has 0 bridgehead atoms. The number of hydrogen-bond donors (Lipinski definition) is 1. The molecule has 0 radical (unpaired) electrons. The van der Waals surface area contributed by atoms with Crippen molar-refractivity contribution in [2.24, 2.45) is 0 Å². The van der Waals surface area contributed by atoms with Crippen molar-refractivity contribution in [3.05, 3.63) is 65.2 Å². The van der Waals surface area contributed by atoms with Gasteiger partial charge in [-0.1, -0.05) is 48.9 Å². The van der Waals surface area contributed by atoms with Crippen LogP contribution in [0.2, 0.25) is 0 Å². The third kappa shape index (κ3) is 7.09. The van der Waals surface area contributed by atoms with Crippen molar-refractivity contribution < 1.29 is 18.0 Å². The first-order valence-corrected chi connectivity index (χ1v) is 12.5. The lowest BCUT2D eigenvalue weighted by molar-refractivity contribution is -0.139. The molecule has 0 saturated heterocycles. The maximum absolute atomic E-state index is 13.4. The first-order valence-electron chi connectivity index (χ1n) is 10.7. The van der Waals surface area contributed by atoms with E-state index in [1.807, 2.05) is 51.1 Å². The van der Waals surface area contributed by atoms with Crippen LogP contribution in [0.4, 0.5) is 5.69 Å². The van der Waals surface area contributed by atoms with E-state index in [1.165, 1.54) is 4.90 Å². The fourth-order valence-corrected chi connectivity index (χ4v) is 4.11. The summed E-state index contributed by atoms with van der Waals surface area (Å²) >= 11 is 0. The van der Waals surface area contributed by atoms with Crippen LogP contribution in [0.3, 0.4) is 0 Å². The fourth-order valence-electron chi connectivity index (χ4n) is 3.27. The summed E-state index contributed by atoms with van der Waals surface area (Å²) < 4.78 is 26.1. The Labute approximate surface area is 191 Å². The molecule has 0 aliphatic carbocycles. The summed E-state index contributed by atoms with van der Waals surface area (Å²) in [5.74, 6) is -0.717. The molecule has 32 heavy (non-hydrogen) atoms. The summed E-state index contributed by atoms with van der Waals surface area (Å²) in [6.45, 7) is 7.76. The summed E-state index contributed by atoms with van der Waals surface area (Å²) in [7, 11) is -3.72. The lowest BCUT2D eigenvalue weighted by Gasteiger charge is -2.31. The first kappa shape index (κ1) is 25.4. The van der Waals surface area contributed by atoms with Crippen LogP contribution in [0.5, 0.6) is 0 Å². The lowest BCUT2D eigenvalue weighted by atomic mass is 10.1. The van der Waals surface area contributed by atoms with Gasteiger partial charge in [0.25, 0.3) is 0 Å². The van der Waals surface area contributed by atoms with Crippen LogP contribution in [0.1, 0.15) is 37.0 Å². The number of hydrogen-bond acceptors (Lipinski definition) is 4. The maximum atomic E-state index is 13.4. The number of amides is 2. The van der Waals surface area contributed by atoms with Crippen LogP contribution in [0, 0.1) is 13.8 Å². The van der Waals surface area contributed by atoms with Gasteiger partial charge >= 0.3 is 0 Å². The van der Waals surface area contributed by atoms with Crippen molar-refractivity contribution in [1.82, 2.24) is 10.2 Å². The topological polar surface area (TPSA) is 86.8 Å². The van der Waals surface area contributed by atoms with E-state index in [1.54, 1.807) is 25.1 Å². The minimum absolute atomic E-state index is 0.200. The number of benzene rings is 2. The van der Waals surface area contributed by atoms with Crippen LogP contribution >= 0.6 is 0 Å². The Kier molecular flexibility index (Phi) is 8.83. The van der Waals surface area contributed by atoms with Crippen molar-refractivity contribution in [3.63, 3.8) is 0 Å². The summed E-state index contributed by atoms with van der Waals surface area (Å²) in [6.07, 6.45) is 1.85. The van der Waals surface area contributed by atoms with Crippen molar-refractivity contribution in [2.75, 3.05) is 23.7 Å². The highest BCUT2D eigenvalue weighted by Crippen LogP contribution is 2.20. The molecule has 8 heteroatoms. The third-order valence-electron chi connectivity index (χ3n) is 5.16. The van der Waals surface area contributed by atoms with Gasteiger partial charge in [-0.3, -0.25) is 13.9 Å². The fraction of sp³-hybridized carbons (Fsp3) is 0.417. The molecule has 2 aromatic carbocycles. The van der Waals surface area contributed by atoms with E-state index in [0.29, 0.717) is 12.2 Å². The van der Waals surface area contributed by atoms with Crippen molar-refractivity contribution in [2.45, 2.75) is 46.7 Å². The molecule has 0 aromatic heterocycles. The molecule has 2 amide bonds. The van der Waals surface area contributed by atoms with Crippen LogP contribution in [0.15, 0.2) is 48.5 Å². The largest absolute Gasteiger partial charge is 0.354 e. The van der Waals surface area contributed by atoms with Gasteiger partial charge in [0.2, 0.25) is 21.8 Å². The van der Waals surface area contributed by atoms with E-state index < -0.39 is 22.0 Å². The number of carbonyl (C=O) groups excluding carboxylic acids is 2. The van der Waals surface area contributed by atoms with Gasteiger partial charge in [-0.2, -0.15) is 0 Å². The first-order chi connectivity index (χ1) is 15.0. The molecule has 0 saturated carbocycles. The molecule has 0 spiro atoms. The van der Waals surface area contributed by atoms with E-state index in [4.69, 9.17) is 0 Å². The Morgan fingerprint density at radius 2 is 1.69 bits per heavy atom. The SMILES string of the molecule is CCCNC(=O)[C@H](C)N(Cc1ccc(C)cc1)C(=O)CN(c1cccc(C)c1)S(C)(=O)=O. The zero-order valence-electron chi connectivity index (χ0n) is 19.5. The highest BCUT2D eigenvalue weighted by Gasteiger charge is 2.29. The smallest absolute Gasteiger partial charge is 0.244 e. The Hall–Kier alpha value is -2.87. The number of nitrogens with zero attached hydrogens (tertiary/aromatic N) is 2. The number of sulfonamides is 1. The van der Waals surface area contributed by atoms with E-state index in [-0.39, 0.29) is 19.0 Å². The number of carbonyl (C=O) groups is 2. The van der Waals surface area contributed by atoms with E-state index in [9.17, 15) is 18.0 Å². The van der Waals surface area contributed by atoms with Crippen molar-refractivity contribution in [3.8, 4) is 0 Å². The van der Waals surface area contributed by atoms with Crippen LogP contribution < -0.4 is 9.62 Å². The Morgan fingerprint density at radius 1 is 1.03 bits per heavy atom. The number of rotatable bonds is 10. The number of nitrogens with one attached hydrogen (secondary N) is 1. The highest BCUT2D eigenvalue weighted by atomic mass is 32.2.